The van der Waals surface area contributed by atoms with E-state index in [1.54, 1.807) is 18.2 Å². The molecule has 3 rings (SSSR count). The van der Waals surface area contributed by atoms with Crippen molar-refractivity contribution in [1.82, 2.24) is 9.55 Å². The normalized spacial score (nSPS) is 11.0. The van der Waals surface area contributed by atoms with Gasteiger partial charge in [-0.1, -0.05) is 27.6 Å². The molecule has 1 N–H and O–H groups in total. The smallest absolute Gasteiger partial charge is 0.335 e. The molecule has 0 aliphatic heterocycles. The van der Waals surface area contributed by atoms with Gasteiger partial charge in [0.15, 0.2) is 0 Å². The third-order valence-electron chi connectivity index (χ3n) is 3.49. The van der Waals surface area contributed by atoms with Gasteiger partial charge in [-0.05, 0) is 37.3 Å². The van der Waals surface area contributed by atoms with Gasteiger partial charge in [0, 0.05) is 17.1 Å². The van der Waals surface area contributed by atoms with E-state index >= 15 is 0 Å². The zero-order valence-electron chi connectivity index (χ0n) is 11.6. The molecule has 0 atom stereocenters. The fraction of sp³-hybridized carbons (Fsp3) is 0.125. The lowest BCUT2D eigenvalue weighted by Crippen LogP contribution is -1.96. The summed E-state index contributed by atoms with van der Waals surface area (Å²) in [5.74, 6) is -0.135. The number of imidazole rings is 1. The molecule has 3 aromatic rings. The monoisotopic (exact) mass is 344 g/mol. The van der Waals surface area contributed by atoms with E-state index in [0.29, 0.717) is 5.52 Å². The number of benzene rings is 2. The molecule has 106 valence electrons. The van der Waals surface area contributed by atoms with E-state index in [-0.39, 0.29) is 5.56 Å². The number of carboxylic acids is 1. The molecule has 21 heavy (non-hydrogen) atoms. The summed E-state index contributed by atoms with van der Waals surface area (Å²) in [5, 5.41) is 9.08. The zero-order chi connectivity index (χ0) is 15.1. The molecule has 0 saturated carbocycles. The number of aromatic carboxylic acids is 1. The minimum atomic E-state index is -0.944. The molecule has 0 unspecified atom stereocenters. The van der Waals surface area contributed by atoms with Crippen LogP contribution < -0.4 is 0 Å². The average molecular weight is 345 g/mol. The van der Waals surface area contributed by atoms with Crippen molar-refractivity contribution in [2.24, 2.45) is 7.05 Å². The quantitative estimate of drug-likeness (QED) is 0.764. The molecule has 0 aliphatic carbocycles. The van der Waals surface area contributed by atoms with Gasteiger partial charge < -0.3 is 9.67 Å². The summed E-state index contributed by atoms with van der Waals surface area (Å²) in [6.45, 7) is 2.03. The summed E-state index contributed by atoms with van der Waals surface area (Å²) in [6, 6.07) is 11.1. The Balaban J connectivity index is 2.26. The lowest BCUT2D eigenvalue weighted by Gasteiger charge is -2.06. The van der Waals surface area contributed by atoms with Crippen molar-refractivity contribution in [3.8, 4) is 11.4 Å². The molecule has 1 heterocycles. The van der Waals surface area contributed by atoms with Crippen LogP contribution >= 0.6 is 15.9 Å². The van der Waals surface area contributed by atoms with Gasteiger partial charge in [0.05, 0.1) is 16.6 Å². The third-order valence-corrected chi connectivity index (χ3v) is 4.18. The number of nitrogens with zero attached hydrogens (tertiary/aromatic N) is 2. The van der Waals surface area contributed by atoms with Gasteiger partial charge in [0.2, 0.25) is 0 Å². The Bertz CT molecular complexity index is 868. The number of carboxylic acid groups (broad SMARTS) is 1. The molecule has 5 heteroatoms. The highest BCUT2D eigenvalue weighted by molar-refractivity contribution is 9.10. The molecule has 0 amide bonds. The lowest BCUT2D eigenvalue weighted by atomic mass is 10.1. The first-order valence-corrected chi connectivity index (χ1v) is 7.23. The number of carbonyl (C=O) groups is 1. The Hall–Kier alpha value is -2.14. The summed E-state index contributed by atoms with van der Waals surface area (Å²) in [6.07, 6.45) is 0. The van der Waals surface area contributed by atoms with Gasteiger partial charge in [-0.15, -0.1) is 0 Å². The molecule has 2 aromatic carbocycles. The summed E-state index contributed by atoms with van der Waals surface area (Å²) < 4.78 is 2.94. The van der Waals surface area contributed by atoms with E-state index in [1.807, 2.05) is 30.7 Å². The van der Waals surface area contributed by atoms with E-state index < -0.39 is 5.97 Å². The minimum absolute atomic E-state index is 0.246. The SMILES string of the molecule is Cc1ccc(Br)c(-c2nc3cc(C(=O)O)ccc3n2C)c1. The Morgan fingerprint density at radius 3 is 2.71 bits per heavy atom. The summed E-state index contributed by atoms with van der Waals surface area (Å²) in [5.41, 5.74) is 3.97. The highest BCUT2D eigenvalue weighted by Crippen LogP contribution is 2.30. The molecule has 0 radical (unpaired) electrons. The second kappa shape index (κ2) is 5.00. The molecule has 1 aromatic heterocycles. The Labute approximate surface area is 130 Å². The van der Waals surface area contributed by atoms with Crippen molar-refractivity contribution >= 4 is 32.9 Å². The van der Waals surface area contributed by atoms with Crippen LogP contribution in [0.5, 0.6) is 0 Å². The van der Waals surface area contributed by atoms with Crippen molar-refractivity contribution in [1.29, 1.82) is 0 Å². The predicted molar refractivity (Wildman–Crippen MR) is 85.5 cm³/mol. The van der Waals surface area contributed by atoms with Crippen LogP contribution in [0.4, 0.5) is 0 Å². The Morgan fingerprint density at radius 1 is 1.24 bits per heavy atom. The molecule has 0 fully saturated rings. The molecule has 0 spiro atoms. The highest BCUT2D eigenvalue weighted by atomic mass is 79.9. The van der Waals surface area contributed by atoms with Crippen LogP contribution in [0.15, 0.2) is 40.9 Å². The standard InChI is InChI=1S/C16H13BrN2O2/c1-9-3-5-12(17)11(7-9)15-18-13-8-10(16(20)21)4-6-14(13)19(15)2/h3-8H,1-2H3,(H,20,21). The fourth-order valence-corrected chi connectivity index (χ4v) is 2.81. The molecule has 0 saturated heterocycles. The summed E-state index contributed by atoms with van der Waals surface area (Å²) >= 11 is 3.55. The van der Waals surface area contributed by atoms with Gasteiger partial charge in [-0.3, -0.25) is 0 Å². The second-order valence-corrected chi connectivity index (χ2v) is 5.84. The van der Waals surface area contributed by atoms with Gasteiger partial charge >= 0.3 is 5.97 Å². The predicted octanol–water partition coefficient (Wildman–Crippen LogP) is 4.01. The molecular weight excluding hydrogens is 332 g/mol. The van der Waals surface area contributed by atoms with Crippen LogP contribution in [-0.4, -0.2) is 20.6 Å². The van der Waals surface area contributed by atoms with Crippen molar-refractivity contribution in [3.63, 3.8) is 0 Å². The summed E-state index contributed by atoms with van der Waals surface area (Å²) in [4.78, 5) is 15.7. The third kappa shape index (κ3) is 2.34. The van der Waals surface area contributed by atoms with E-state index in [4.69, 9.17) is 5.11 Å². The largest absolute Gasteiger partial charge is 0.478 e. The maximum absolute atomic E-state index is 11.1. The van der Waals surface area contributed by atoms with E-state index in [0.717, 1.165) is 26.9 Å². The maximum atomic E-state index is 11.1. The number of halogens is 1. The first-order valence-electron chi connectivity index (χ1n) is 6.43. The minimum Gasteiger partial charge on any atom is -0.478 e. The lowest BCUT2D eigenvalue weighted by molar-refractivity contribution is 0.0697. The van der Waals surface area contributed by atoms with Gasteiger partial charge in [0.25, 0.3) is 0 Å². The number of hydrogen-bond donors (Lipinski definition) is 1. The average Bonchev–Trinajstić information content (AvgIpc) is 2.78. The zero-order valence-corrected chi connectivity index (χ0v) is 13.2. The fourth-order valence-electron chi connectivity index (χ4n) is 2.38. The van der Waals surface area contributed by atoms with Gasteiger partial charge in [0.1, 0.15) is 5.82 Å². The number of fused-ring (bicyclic) bond motifs is 1. The Morgan fingerprint density at radius 2 is 2.00 bits per heavy atom. The topological polar surface area (TPSA) is 55.1 Å². The number of rotatable bonds is 2. The van der Waals surface area contributed by atoms with Crippen LogP contribution in [0.3, 0.4) is 0 Å². The molecule has 0 bridgehead atoms. The second-order valence-electron chi connectivity index (χ2n) is 4.99. The number of aryl methyl sites for hydroxylation is 2. The van der Waals surface area contributed by atoms with Gasteiger partial charge in [-0.25, -0.2) is 9.78 Å². The summed E-state index contributed by atoms with van der Waals surface area (Å²) in [7, 11) is 1.93. The number of aromatic nitrogens is 2. The van der Waals surface area contributed by atoms with Crippen LogP contribution in [0, 0.1) is 6.92 Å². The van der Waals surface area contributed by atoms with Gasteiger partial charge in [-0.2, -0.15) is 0 Å². The molecule has 0 aliphatic rings. The highest BCUT2D eigenvalue weighted by Gasteiger charge is 2.14. The van der Waals surface area contributed by atoms with E-state index in [2.05, 4.69) is 27.0 Å². The van der Waals surface area contributed by atoms with Crippen LogP contribution in [-0.2, 0) is 7.05 Å². The van der Waals surface area contributed by atoms with E-state index in [1.165, 1.54) is 0 Å². The number of hydrogen-bond acceptors (Lipinski definition) is 2. The first kappa shape index (κ1) is 13.8. The van der Waals surface area contributed by atoms with E-state index in [9.17, 15) is 4.79 Å². The van der Waals surface area contributed by atoms with Crippen molar-refractivity contribution < 1.29 is 9.90 Å². The van der Waals surface area contributed by atoms with Crippen molar-refractivity contribution in [2.75, 3.05) is 0 Å². The van der Waals surface area contributed by atoms with Crippen LogP contribution in [0.2, 0.25) is 0 Å². The molecular formula is C16H13BrN2O2. The van der Waals surface area contributed by atoms with Crippen LogP contribution in [0.25, 0.3) is 22.4 Å². The molecule has 4 nitrogen and oxygen atoms in total. The van der Waals surface area contributed by atoms with Crippen molar-refractivity contribution in [3.05, 3.63) is 52.0 Å². The van der Waals surface area contributed by atoms with Crippen LogP contribution in [0.1, 0.15) is 15.9 Å². The maximum Gasteiger partial charge on any atom is 0.335 e. The van der Waals surface area contributed by atoms with Crippen molar-refractivity contribution in [2.45, 2.75) is 6.92 Å². The Kier molecular flexibility index (Phi) is 3.29. The first-order chi connectivity index (χ1) is 9.97.